The Morgan fingerprint density at radius 1 is 1.47 bits per heavy atom. The molecule has 0 spiro atoms. The maximum absolute atomic E-state index is 11.7. The lowest BCUT2D eigenvalue weighted by Gasteiger charge is -2.10. The van der Waals surface area contributed by atoms with Crippen LogP contribution in [0.3, 0.4) is 0 Å². The fourth-order valence-corrected chi connectivity index (χ4v) is 1.34. The lowest BCUT2D eigenvalue weighted by Crippen LogP contribution is -2.15. The molecule has 0 amide bonds. The number of ether oxygens (including phenoxy) is 1. The van der Waals surface area contributed by atoms with Crippen LogP contribution in [0.2, 0.25) is 5.02 Å². The minimum atomic E-state index is -0.0686. The smallest absolute Gasteiger partial charge is 0.189 e. The molecule has 0 aliphatic heterocycles. The van der Waals surface area contributed by atoms with Crippen molar-refractivity contribution in [2.75, 3.05) is 6.61 Å². The number of carbonyl (C=O) groups is 1. The second-order valence-electron chi connectivity index (χ2n) is 3.43. The van der Waals surface area contributed by atoms with Crippen LogP contribution in [0.4, 0.5) is 0 Å². The number of ketones is 1. The Kier molecular flexibility index (Phi) is 4.79. The second kappa shape index (κ2) is 5.89. The van der Waals surface area contributed by atoms with Gasteiger partial charge >= 0.3 is 0 Å². The van der Waals surface area contributed by atoms with E-state index in [-0.39, 0.29) is 18.5 Å². The predicted octanol–water partition coefficient (Wildman–Crippen LogP) is 3.34. The van der Waals surface area contributed by atoms with Crippen molar-refractivity contribution in [3.63, 3.8) is 0 Å². The zero-order valence-corrected chi connectivity index (χ0v) is 9.75. The third kappa shape index (κ3) is 3.65. The summed E-state index contributed by atoms with van der Waals surface area (Å²) < 4.78 is 5.35. The van der Waals surface area contributed by atoms with Crippen LogP contribution >= 0.6 is 11.6 Å². The highest BCUT2D eigenvalue weighted by atomic mass is 35.5. The van der Waals surface area contributed by atoms with Crippen LogP contribution in [0.25, 0.3) is 0 Å². The van der Waals surface area contributed by atoms with Crippen LogP contribution < -0.4 is 0 Å². The van der Waals surface area contributed by atoms with Crippen molar-refractivity contribution in [2.24, 2.45) is 0 Å². The van der Waals surface area contributed by atoms with Crippen molar-refractivity contribution in [1.29, 1.82) is 0 Å². The standard InChI is InChI=1S/C12H15ClO2/c1-3-9(2)15-8-12(14)10-6-4-5-7-11(10)13/h4-7,9H,3,8H2,1-2H3. The third-order valence-corrected chi connectivity index (χ3v) is 2.58. The van der Waals surface area contributed by atoms with Gasteiger partial charge in [-0.2, -0.15) is 0 Å². The predicted molar refractivity (Wildman–Crippen MR) is 61.5 cm³/mol. The molecule has 1 unspecified atom stereocenters. The minimum Gasteiger partial charge on any atom is -0.370 e. The summed E-state index contributed by atoms with van der Waals surface area (Å²) >= 11 is 5.89. The van der Waals surface area contributed by atoms with Gasteiger partial charge in [-0.1, -0.05) is 30.7 Å². The maximum Gasteiger partial charge on any atom is 0.189 e. The molecule has 0 aliphatic rings. The molecule has 0 saturated heterocycles. The van der Waals surface area contributed by atoms with Crippen molar-refractivity contribution < 1.29 is 9.53 Å². The first-order valence-electron chi connectivity index (χ1n) is 5.04. The summed E-state index contributed by atoms with van der Waals surface area (Å²) in [6.45, 7) is 4.06. The largest absolute Gasteiger partial charge is 0.370 e. The molecule has 1 aromatic rings. The van der Waals surface area contributed by atoms with Crippen LogP contribution in [0, 0.1) is 0 Å². The first kappa shape index (κ1) is 12.2. The Morgan fingerprint density at radius 2 is 2.13 bits per heavy atom. The van der Waals surface area contributed by atoms with Crippen LogP contribution in [0.5, 0.6) is 0 Å². The van der Waals surface area contributed by atoms with Gasteiger partial charge in [-0.15, -0.1) is 0 Å². The van der Waals surface area contributed by atoms with E-state index in [0.717, 1.165) is 6.42 Å². The highest BCUT2D eigenvalue weighted by Gasteiger charge is 2.10. The maximum atomic E-state index is 11.7. The summed E-state index contributed by atoms with van der Waals surface area (Å²) in [5.41, 5.74) is 0.530. The lowest BCUT2D eigenvalue weighted by molar-refractivity contribution is 0.0511. The van der Waals surface area contributed by atoms with E-state index in [4.69, 9.17) is 16.3 Å². The zero-order chi connectivity index (χ0) is 11.3. The van der Waals surface area contributed by atoms with Crippen LogP contribution in [0.15, 0.2) is 24.3 Å². The molecule has 0 aliphatic carbocycles. The highest BCUT2D eigenvalue weighted by molar-refractivity contribution is 6.34. The first-order valence-corrected chi connectivity index (χ1v) is 5.42. The van der Waals surface area contributed by atoms with E-state index in [1.54, 1.807) is 24.3 Å². The van der Waals surface area contributed by atoms with Gasteiger partial charge in [-0.3, -0.25) is 4.79 Å². The minimum absolute atomic E-state index is 0.0686. The molecular weight excluding hydrogens is 212 g/mol. The molecule has 0 saturated carbocycles. The van der Waals surface area contributed by atoms with E-state index >= 15 is 0 Å². The lowest BCUT2D eigenvalue weighted by atomic mass is 10.1. The summed E-state index contributed by atoms with van der Waals surface area (Å²) in [7, 11) is 0. The Hall–Kier alpha value is -0.860. The Labute approximate surface area is 95.2 Å². The topological polar surface area (TPSA) is 26.3 Å². The molecular formula is C12H15ClO2. The molecule has 1 aromatic carbocycles. The van der Waals surface area contributed by atoms with E-state index < -0.39 is 0 Å². The van der Waals surface area contributed by atoms with Gasteiger partial charge in [0.25, 0.3) is 0 Å². The summed E-state index contributed by atoms with van der Waals surface area (Å²) in [5, 5.41) is 0.482. The van der Waals surface area contributed by atoms with Gasteiger partial charge in [0.15, 0.2) is 5.78 Å². The first-order chi connectivity index (χ1) is 7.15. The SMILES string of the molecule is CCC(C)OCC(=O)c1ccccc1Cl. The average molecular weight is 227 g/mol. The molecule has 0 fully saturated rings. The Balaban J connectivity index is 2.58. The molecule has 0 N–H and O–H groups in total. The zero-order valence-electron chi connectivity index (χ0n) is 9.00. The van der Waals surface area contributed by atoms with Gasteiger partial charge in [0, 0.05) is 5.56 Å². The number of carbonyl (C=O) groups excluding carboxylic acids is 1. The second-order valence-corrected chi connectivity index (χ2v) is 3.84. The van der Waals surface area contributed by atoms with Crippen LogP contribution in [-0.4, -0.2) is 18.5 Å². The molecule has 2 nitrogen and oxygen atoms in total. The Morgan fingerprint density at radius 3 is 2.73 bits per heavy atom. The summed E-state index contributed by atoms with van der Waals surface area (Å²) in [6.07, 6.45) is 1.01. The van der Waals surface area contributed by atoms with Crippen molar-refractivity contribution in [1.82, 2.24) is 0 Å². The number of halogens is 1. The van der Waals surface area contributed by atoms with E-state index in [1.807, 2.05) is 13.8 Å². The number of benzene rings is 1. The van der Waals surface area contributed by atoms with Crippen LogP contribution in [-0.2, 0) is 4.74 Å². The highest BCUT2D eigenvalue weighted by Crippen LogP contribution is 2.15. The summed E-state index contributed by atoms with van der Waals surface area (Å²) in [4.78, 5) is 11.7. The van der Waals surface area contributed by atoms with E-state index in [1.165, 1.54) is 0 Å². The van der Waals surface area contributed by atoms with Gasteiger partial charge in [-0.05, 0) is 25.5 Å². The normalized spacial score (nSPS) is 12.5. The van der Waals surface area contributed by atoms with Gasteiger partial charge in [0.05, 0.1) is 11.1 Å². The van der Waals surface area contributed by atoms with Crippen molar-refractivity contribution in [2.45, 2.75) is 26.4 Å². The molecule has 0 heterocycles. The van der Waals surface area contributed by atoms with E-state index in [2.05, 4.69) is 0 Å². The Bertz CT molecular complexity index is 336. The number of hydrogen-bond donors (Lipinski definition) is 0. The molecule has 15 heavy (non-hydrogen) atoms. The van der Waals surface area contributed by atoms with Gasteiger partial charge in [0.1, 0.15) is 6.61 Å². The monoisotopic (exact) mass is 226 g/mol. The van der Waals surface area contributed by atoms with Crippen LogP contribution in [0.1, 0.15) is 30.6 Å². The average Bonchev–Trinajstić information content (AvgIpc) is 2.26. The molecule has 0 radical (unpaired) electrons. The molecule has 1 rings (SSSR count). The number of Topliss-reactive ketones (excluding diaryl/α,β-unsaturated/α-hetero) is 1. The van der Waals surface area contributed by atoms with E-state index in [0.29, 0.717) is 10.6 Å². The number of rotatable bonds is 5. The molecule has 0 bridgehead atoms. The summed E-state index contributed by atoms with van der Waals surface area (Å²) in [5.74, 6) is -0.0686. The third-order valence-electron chi connectivity index (χ3n) is 2.25. The molecule has 3 heteroatoms. The van der Waals surface area contributed by atoms with E-state index in [9.17, 15) is 4.79 Å². The van der Waals surface area contributed by atoms with Gasteiger partial charge in [-0.25, -0.2) is 0 Å². The summed E-state index contributed by atoms with van der Waals surface area (Å²) in [6, 6.07) is 7.01. The fourth-order valence-electron chi connectivity index (χ4n) is 1.10. The van der Waals surface area contributed by atoms with Gasteiger partial charge < -0.3 is 4.74 Å². The molecule has 82 valence electrons. The molecule has 1 atom stereocenters. The quantitative estimate of drug-likeness (QED) is 0.720. The van der Waals surface area contributed by atoms with Crippen molar-refractivity contribution in [3.8, 4) is 0 Å². The van der Waals surface area contributed by atoms with Gasteiger partial charge in [0.2, 0.25) is 0 Å². The number of hydrogen-bond acceptors (Lipinski definition) is 2. The molecule has 0 aromatic heterocycles. The van der Waals surface area contributed by atoms with Crippen molar-refractivity contribution >= 4 is 17.4 Å². The fraction of sp³-hybridized carbons (Fsp3) is 0.417. The van der Waals surface area contributed by atoms with Crippen molar-refractivity contribution in [3.05, 3.63) is 34.9 Å².